The first-order valence-electron chi connectivity index (χ1n) is 8.11. The Morgan fingerprint density at radius 2 is 1.95 bits per heavy atom. The van der Waals surface area contributed by atoms with E-state index in [2.05, 4.69) is 5.32 Å². The molecule has 0 bridgehead atoms. The van der Waals surface area contributed by atoms with Crippen LogP contribution in [0.15, 0.2) is 0 Å². The molecule has 1 saturated heterocycles. The van der Waals surface area contributed by atoms with Crippen LogP contribution in [-0.4, -0.2) is 41.9 Å². The van der Waals surface area contributed by atoms with E-state index in [9.17, 15) is 9.59 Å². The summed E-state index contributed by atoms with van der Waals surface area (Å²) in [6.07, 6.45) is 4.51. The molecule has 2 rings (SSSR count). The number of carbonyl (C=O) groups excluding carboxylic acids is 2. The van der Waals surface area contributed by atoms with Crippen molar-refractivity contribution in [2.24, 2.45) is 17.1 Å². The quantitative estimate of drug-likeness (QED) is 0.802. The smallest absolute Gasteiger partial charge is 0.242 e. The Morgan fingerprint density at radius 1 is 1.29 bits per heavy atom. The molecule has 5 nitrogen and oxygen atoms in total. The Hall–Kier alpha value is -1.10. The lowest BCUT2D eigenvalue weighted by atomic mass is 9.91. The molecule has 0 spiro atoms. The van der Waals surface area contributed by atoms with Gasteiger partial charge in [-0.05, 0) is 37.0 Å². The van der Waals surface area contributed by atoms with E-state index in [1.54, 1.807) is 4.90 Å². The summed E-state index contributed by atoms with van der Waals surface area (Å²) in [7, 11) is 0. The molecule has 3 N–H and O–H groups in total. The number of carbonyl (C=O) groups is 2. The van der Waals surface area contributed by atoms with Crippen molar-refractivity contribution in [3.8, 4) is 0 Å². The summed E-state index contributed by atoms with van der Waals surface area (Å²) in [6.45, 7) is 7.36. The SMILES string of the molecule is CC(C)(C)CC(=O)N1CCCC1C(=O)NCC(N)C1CC1. The molecule has 2 aliphatic rings. The topological polar surface area (TPSA) is 75.4 Å². The average Bonchev–Trinajstić information content (AvgIpc) is 3.10. The molecule has 2 amide bonds. The second-order valence-corrected chi connectivity index (χ2v) is 7.73. The lowest BCUT2D eigenvalue weighted by molar-refractivity contribution is -0.139. The molecule has 0 aromatic rings. The van der Waals surface area contributed by atoms with Crippen molar-refractivity contribution in [3.05, 3.63) is 0 Å². The van der Waals surface area contributed by atoms with Crippen LogP contribution >= 0.6 is 0 Å². The van der Waals surface area contributed by atoms with Crippen LogP contribution < -0.4 is 11.1 Å². The molecule has 2 atom stereocenters. The minimum Gasteiger partial charge on any atom is -0.353 e. The zero-order chi connectivity index (χ0) is 15.6. The van der Waals surface area contributed by atoms with Crippen molar-refractivity contribution in [2.45, 2.75) is 65.0 Å². The fourth-order valence-electron chi connectivity index (χ4n) is 2.92. The van der Waals surface area contributed by atoms with Crippen LogP contribution in [0, 0.1) is 11.3 Å². The first-order chi connectivity index (χ1) is 9.78. The minimum absolute atomic E-state index is 0.0362. The number of likely N-dealkylation sites (tertiary alicyclic amines) is 1. The Morgan fingerprint density at radius 3 is 2.52 bits per heavy atom. The summed E-state index contributed by atoms with van der Waals surface area (Å²) < 4.78 is 0. The van der Waals surface area contributed by atoms with E-state index < -0.39 is 0 Å². The monoisotopic (exact) mass is 295 g/mol. The van der Waals surface area contributed by atoms with Gasteiger partial charge in [0.1, 0.15) is 6.04 Å². The number of amides is 2. The second-order valence-electron chi connectivity index (χ2n) is 7.73. The van der Waals surface area contributed by atoms with E-state index in [-0.39, 0.29) is 29.3 Å². The molecule has 1 heterocycles. The Labute approximate surface area is 127 Å². The zero-order valence-electron chi connectivity index (χ0n) is 13.5. The summed E-state index contributed by atoms with van der Waals surface area (Å²) >= 11 is 0. The van der Waals surface area contributed by atoms with Gasteiger partial charge in [0.2, 0.25) is 11.8 Å². The number of rotatable bonds is 5. The van der Waals surface area contributed by atoms with Crippen LogP contribution in [0.3, 0.4) is 0 Å². The number of nitrogens with zero attached hydrogens (tertiary/aromatic N) is 1. The van der Waals surface area contributed by atoms with Gasteiger partial charge in [0.25, 0.3) is 0 Å². The van der Waals surface area contributed by atoms with Crippen LogP contribution in [0.2, 0.25) is 0 Å². The van der Waals surface area contributed by atoms with Crippen LogP contribution in [-0.2, 0) is 9.59 Å². The predicted octanol–water partition coefficient (Wildman–Crippen LogP) is 1.27. The number of hydrogen-bond donors (Lipinski definition) is 2. The molecule has 1 aliphatic heterocycles. The maximum absolute atomic E-state index is 12.4. The fourth-order valence-corrected chi connectivity index (χ4v) is 2.92. The Bertz CT molecular complexity index is 399. The molecule has 0 aromatic carbocycles. The van der Waals surface area contributed by atoms with E-state index in [1.807, 2.05) is 20.8 Å². The highest BCUT2D eigenvalue weighted by atomic mass is 16.2. The van der Waals surface area contributed by atoms with Gasteiger partial charge < -0.3 is 16.0 Å². The molecule has 120 valence electrons. The molecule has 1 saturated carbocycles. The van der Waals surface area contributed by atoms with Crippen molar-refractivity contribution in [1.29, 1.82) is 0 Å². The van der Waals surface area contributed by atoms with Gasteiger partial charge in [0, 0.05) is 25.6 Å². The molecule has 2 unspecified atom stereocenters. The molecule has 1 aliphatic carbocycles. The third kappa shape index (κ3) is 4.70. The average molecular weight is 295 g/mol. The molecule has 5 heteroatoms. The van der Waals surface area contributed by atoms with Crippen molar-refractivity contribution < 1.29 is 9.59 Å². The van der Waals surface area contributed by atoms with Gasteiger partial charge in [-0.3, -0.25) is 9.59 Å². The van der Waals surface area contributed by atoms with Crippen LogP contribution in [0.25, 0.3) is 0 Å². The standard InChI is InChI=1S/C16H29N3O2/c1-16(2,3)9-14(20)19-8-4-5-13(19)15(21)18-10-12(17)11-6-7-11/h11-13H,4-10,17H2,1-3H3,(H,18,21). The lowest BCUT2D eigenvalue weighted by Crippen LogP contribution is -2.49. The summed E-state index contributed by atoms with van der Waals surface area (Å²) in [6, 6.07) is -0.236. The fraction of sp³-hybridized carbons (Fsp3) is 0.875. The van der Waals surface area contributed by atoms with Gasteiger partial charge in [-0.25, -0.2) is 0 Å². The normalized spacial score (nSPS) is 24.0. The number of hydrogen-bond acceptors (Lipinski definition) is 3. The van der Waals surface area contributed by atoms with E-state index in [4.69, 9.17) is 5.73 Å². The van der Waals surface area contributed by atoms with Crippen molar-refractivity contribution >= 4 is 11.8 Å². The third-order valence-corrected chi connectivity index (χ3v) is 4.30. The van der Waals surface area contributed by atoms with E-state index in [0.717, 1.165) is 12.8 Å². The summed E-state index contributed by atoms with van der Waals surface area (Å²) in [4.78, 5) is 26.4. The molecule has 0 radical (unpaired) electrons. The summed E-state index contributed by atoms with van der Waals surface area (Å²) in [5.74, 6) is 0.630. The van der Waals surface area contributed by atoms with E-state index in [1.165, 1.54) is 12.8 Å². The van der Waals surface area contributed by atoms with Crippen molar-refractivity contribution in [2.75, 3.05) is 13.1 Å². The van der Waals surface area contributed by atoms with Crippen LogP contribution in [0.5, 0.6) is 0 Å². The van der Waals surface area contributed by atoms with Gasteiger partial charge in [-0.1, -0.05) is 20.8 Å². The maximum Gasteiger partial charge on any atom is 0.242 e. The molecular weight excluding hydrogens is 266 g/mol. The molecule has 0 aromatic heterocycles. The molecule has 21 heavy (non-hydrogen) atoms. The minimum atomic E-state index is -0.300. The molecule has 2 fully saturated rings. The highest BCUT2D eigenvalue weighted by Crippen LogP contribution is 2.31. The lowest BCUT2D eigenvalue weighted by Gasteiger charge is -2.27. The number of nitrogens with one attached hydrogen (secondary N) is 1. The van der Waals surface area contributed by atoms with Gasteiger partial charge >= 0.3 is 0 Å². The van der Waals surface area contributed by atoms with Crippen LogP contribution in [0.1, 0.15) is 52.9 Å². The largest absolute Gasteiger partial charge is 0.353 e. The van der Waals surface area contributed by atoms with Gasteiger partial charge in [-0.2, -0.15) is 0 Å². The van der Waals surface area contributed by atoms with Gasteiger partial charge in [-0.15, -0.1) is 0 Å². The highest BCUT2D eigenvalue weighted by molar-refractivity contribution is 5.88. The van der Waals surface area contributed by atoms with E-state index >= 15 is 0 Å². The van der Waals surface area contributed by atoms with Gasteiger partial charge in [0.15, 0.2) is 0 Å². The van der Waals surface area contributed by atoms with Crippen LogP contribution in [0.4, 0.5) is 0 Å². The summed E-state index contributed by atoms with van der Waals surface area (Å²) in [5, 5.41) is 2.94. The summed E-state index contributed by atoms with van der Waals surface area (Å²) in [5.41, 5.74) is 5.96. The zero-order valence-corrected chi connectivity index (χ0v) is 13.5. The number of nitrogens with two attached hydrogens (primary N) is 1. The van der Waals surface area contributed by atoms with Crippen molar-refractivity contribution in [1.82, 2.24) is 10.2 Å². The predicted molar refractivity (Wildman–Crippen MR) is 82.5 cm³/mol. The first-order valence-corrected chi connectivity index (χ1v) is 8.11. The van der Waals surface area contributed by atoms with Crippen molar-refractivity contribution in [3.63, 3.8) is 0 Å². The molecular formula is C16H29N3O2. The Kier molecular flexibility index (Phi) is 4.91. The Balaban J connectivity index is 1.85. The third-order valence-electron chi connectivity index (χ3n) is 4.30. The first kappa shape index (κ1) is 16.3. The highest BCUT2D eigenvalue weighted by Gasteiger charge is 2.36. The van der Waals surface area contributed by atoms with Gasteiger partial charge in [0.05, 0.1) is 0 Å². The van der Waals surface area contributed by atoms with E-state index in [0.29, 0.717) is 25.4 Å². The maximum atomic E-state index is 12.4. The second kappa shape index (κ2) is 6.34.